The maximum atomic E-state index is 11.7. The summed E-state index contributed by atoms with van der Waals surface area (Å²) in [5.41, 5.74) is 4.94. The van der Waals surface area contributed by atoms with Crippen molar-refractivity contribution in [3.8, 4) is 17.2 Å². The molecule has 1 aliphatic heterocycles. The van der Waals surface area contributed by atoms with Gasteiger partial charge in [0.2, 0.25) is 5.56 Å². The summed E-state index contributed by atoms with van der Waals surface area (Å²) in [6, 6.07) is 31.2. The first kappa shape index (κ1) is 32.3. The van der Waals surface area contributed by atoms with Crippen LogP contribution in [0.15, 0.2) is 102 Å². The molecule has 1 fully saturated rings. The van der Waals surface area contributed by atoms with Crippen molar-refractivity contribution in [2.45, 2.75) is 44.2 Å². The number of aromatic amines is 1. The Bertz CT molecular complexity index is 1860. The van der Waals surface area contributed by atoms with Crippen molar-refractivity contribution >= 4 is 10.9 Å². The van der Waals surface area contributed by atoms with Crippen LogP contribution in [0, 0.1) is 0 Å². The standard InChI is InChI=1S/C39H43N3O5/c1-26(2)42-24-39(25-42,29-6-4-3-5-7-29)33-22-28(10-15-34(33)43)19-21-47-30-11-8-27(9-12-30)18-20-40-23-36(45)31-13-16-35(44)38-32(31)14-17-37(46)41-38/h3-17,22,26,36,40,43-45H,18-21,23-25H2,1-2H3,(H,41,46). The topological polar surface area (TPSA) is 118 Å². The third-order valence-corrected chi connectivity index (χ3v) is 9.36. The highest BCUT2D eigenvalue weighted by Crippen LogP contribution is 2.45. The molecule has 0 amide bonds. The Morgan fingerprint density at radius 1 is 0.872 bits per heavy atom. The molecule has 4 aromatic carbocycles. The van der Waals surface area contributed by atoms with Crippen molar-refractivity contribution < 1.29 is 20.1 Å². The van der Waals surface area contributed by atoms with Crippen LogP contribution in [0.25, 0.3) is 10.9 Å². The van der Waals surface area contributed by atoms with Crippen LogP contribution in [0.4, 0.5) is 0 Å². The number of phenolic OH excluding ortho intramolecular Hbond substituents is 2. The van der Waals surface area contributed by atoms with Gasteiger partial charge in [0, 0.05) is 54.5 Å². The number of aromatic nitrogens is 1. The number of hydrogen-bond donors (Lipinski definition) is 5. The van der Waals surface area contributed by atoms with E-state index in [1.165, 1.54) is 17.7 Å². The fourth-order valence-corrected chi connectivity index (χ4v) is 6.57. The van der Waals surface area contributed by atoms with Gasteiger partial charge in [0.05, 0.1) is 18.2 Å². The maximum absolute atomic E-state index is 11.7. The number of ether oxygens (including phenoxy) is 1. The maximum Gasteiger partial charge on any atom is 0.248 e. The molecule has 5 N–H and O–H groups in total. The van der Waals surface area contributed by atoms with E-state index in [-0.39, 0.29) is 16.7 Å². The second-order valence-electron chi connectivity index (χ2n) is 12.8. The number of phenols is 2. The predicted molar refractivity (Wildman–Crippen MR) is 185 cm³/mol. The van der Waals surface area contributed by atoms with Crippen LogP contribution in [0.3, 0.4) is 0 Å². The molecular formula is C39H43N3O5. The minimum Gasteiger partial charge on any atom is -0.508 e. The van der Waals surface area contributed by atoms with Crippen LogP contribution >= 0.6 is 0 Å². The third kappa shape index (κ3) is 7.05. The molecule has 244 valence electrons. The predicted octanol–water partition coefficient (Wildman–Crippen LogP) is 5.44. The molecule has 1 atom stereocenters. The second kappa shape index (κ2) is 14.0. The van der Waals surface area contributed by atoms with Crippen LogP contribution in [-0.2, 0) is 18.3 Å². The van der Waals surface area contributed by atoms with E-state index >= 15 is 0 Å². The summed E-state index contributed by atoms with van der Waals surface area (Å²) in [5.74, 6) is 1.12. The molecule has 0 spiro atoms. The van der Waals surface area contributed by atoms with Crippen molar-refractivity contribution in [3.63, 3.8) is 0 Å². The number of hydrogen-bond acceptors (Lipinski definition) is 7. The lowest BCUT2D eigenvalue weighted by molar-refractivity contribution is 0.0596. The van der Waals surface area contributed by atoms with Crippen LogP contribution in [0.2, 0.25) is 0 Å². The van der Waals surface area contributed by atoms with Gasteiger partial charge in [0.1, 0.15) is 17.2 Å². The summed E-state index contributed by atoms with van der Waals surface area (Å²) in [5, 5.41) is 35.8. The number of benzene rings is 4. The molecule has 0 radical (unpaired) electrons. The number of rotatable bonds is 13. The summed E-state index contributed by atoms with van der Waals surface area (Å²) in [4.78, 5) is 16.7. The lowest BCUT2D eigenvalue weighted by Gasteiger charge is -2.53. The Kier molecular flexibility index (Phi) is 9.63. The first-order chi connectivity index (χ1) is 22.7. The van der Waals surface area contributed by atoms with Gasteiger partial charge < -0.3 is 30.4 Å². The average molecular weight is 634 g/mol. The SMILES string of the molecule is CC(C)N1CC(c2ccccc2)(c2cc(CCOc3ccc(CCNCC(O)c4ccc(O)c5[nH]c(=O)ccc45)cc3)ccc2O)C1. The lowest BCUT2D eigenvalue weighted by atomic mass is 9.67. The molecule has 8 heteroatoms. The zero-order valence-electron chi connectivity index (χ0n) is 26.9. The molecule has 0 bridgehead atoms. The summed E-state index contributed by atoms with van der Waals surface area (Å²) in [6.07, 6.45) is 0.716. The Morgan fingerprint density at radius 3 is 2.34 bits per heavy atom. The van der Waals surface area contributed by atoms with E-state index in [4.69, 9.17) is 4.74 Å². The number of aliphatic hydroxyl groups excluding tert-OH is 1. The molecule has 8 nitrogen and oxygen atoms in total. The smallest absolute Gasteiger partial charge is 0.248 e. The highest BCUT2D eigenvalue weighted by Gasteiger charge is 2.47. The van der Waals surface area contributed by atoms with E-state index in [1.54, 1.807) is 12.1 Å². The Hall–Kier alpha value is -4.63. The van der Waals surface area contributed by atoms with Crippen molar-refractivity contribution in [3.05, 3.63) is 135 Å². The van der Waals surface area contributed by atoms with Gasteiger partial charge in [0.15, 0.2) is 0 Å². The molecule has 6 rings (SSSR count). The molecule has 5 aromatic rings. The number of likely N-dealkylation sites (tertiary alicyclic amines) is 1. The second-order valence-corrected chi connectivity index (χ2v) is 12.8. The largest absolute Gasteiger partial charge is 0.508 e. The monoisotopic (exact) mass is 633 g/mol. The fraction of sp³-hybridized carbons (Fsp3) is 0.308. The molecule has 1 aromatic heterocycles. The van der Waals surface area contributed by atoms with Gasteiger partial charge in [-0.2, -0.15) is 0 Å². The average Bonchev–Trinajstić information content (AvgIpc) is 3.05. The summed E-state index contributed by atoms with van der Waals surface area (Å²) < 4.78 is 6.09. The van der Waals surface area contributed by atoms with Gasteiger partial charge in [-0.3, -0.25) is 9.69 Å². The van der Waals surface area contributed by atoms with Gasteiger partial charge in [-0.1, -0.05) is 60.7 Å². The normalized spacial score (nSPS) is 15.1. The van der Waals surface area contributed by atoms with Gasteiger partial charge in [-0.05, 0) is 79.4 Å². The first-order valence-electron chi connectivity index (χ1n) is 16.3. The molecule has 47 heavy (non-hydrogen) atoms. The van der Waals surface area contributed by atoms with Gasteiger partial charge in [-0.15, -0.1) is 0 Å². The van der Waals surface area contributed by atoms with E-state index in [0.29, 0.717) is 48.0 Å². The zero-order valence-corrected chi connectivity index (χ0v) is 26.9. The Morgan fingerprint density at radius 2 is 1.60 bits per heavy atom. The number of H-pyrrole nitrogens is 1. The van der Waals surface area contributed by atoms with Crippen LogP contribution in [-0.4, -0.2) is 64.0 Å². The highest BCUT2D eigenvalue weighted by molar-refractivity contribution is 5.87. The molecular weight excluding hydrogens is 590 g/mol. The van der Waals surface area contributed by atoms with Crippen LogP contribution in [0.1, 0.15) is 47.8 Å². The van der Waals surface area contributed by atoms with E-state index in [9.17, 15) is 20.1 Å². The van der Waals surface area contributed by atoms with Crippen molar-refractivity contribution in [2.24, 2.45) is 0 Å². The van der Waals surface area contributed by atoms with Crippen molar-refractivity contribution in [1.29, 1.82) is 0 Å². The zero-order chi connectivity index (χ0) is 33.0. The van der Waals surface area contributed by atoms with E-state index in [1.807, 2.05) is 30.3 Å². The van der Waals surface area contributed by atoms with E-state index in [2.05, 4.69) is 71.5 Å². The summed E-state index contributed by atoms with van der Waals surface area (Å²) in [6.45, 7) is 7.72. The van der Waals surface area contributed by atoms with Crippen molar-refractivity contribution in [1.82, 2.24) is 15.2 Å². The third-order valence-electron chi connectivity index (χ3n) is 9.36. The van der Waals surface area contributed by atoms with Gasteiger partial charge >= 0.3 is 0 Å². The van der Waals surface area contributed by atoms with E-state index < -0.39 is 6.10 Å². The van der Waals surface area contributed by atoms with Crippen molar-refractivity contribution in [2.75, 3.05) is 32.8 Å². The number of nitrogens with one attached hydrogen (secondary N) is 2. The fourth-order valence-electron chi connectivity index (χ4n) is 6.57. The molecule has 1 saturated heterocycles. The number of pyridine rings is 1. The molecule has 0 aliphatic carbocycles. The minimum atomic E-state index is -0.795. The minimum absolute atomic E-state index is 0.0254. The van der Waals surface area contributed by atoms with Gasteiger partial charge in [0.25, 0.3) is 0 Å². The molecule has 1 unspecified atom stereocenters. The number of aromatic hydroxyl groups is 2. The lowest BCUT2D eigenvalue weighted by Crippen LogP contribution is -2.61. The van der Waals surface area contributed by atoms with Crippen LogP contribution < -0.4 is 15.6 Å². The summed E-state index contributed by atoms with van der Waals surface area (Å²) >= 11 is 0. The number of aliphatic hydroxyl groups is 1. The number of fused-ring (bicyclic) bond motifs is 1. The Balaban J connectivity index is 0.999. The van der Waals surface area contributed by atoms with Gasteiger partial charge in [-0.25, -0.2) is 0 Å². The summed E-state index contributed by atoms with van der Waals surface area (Å²) in [7, 11) is 0. The molecule has 1 aliphatic rings. The Labute approximate surface area is 275 Å². The van der Waals surface area contributed by atoms with Crippen LogP contribution in [0.5, 0.6) is 17.2 Å². The highest BCUT2D eigenvalue weighted by atomic mass is 16.5. The van der Waals surface area contributed by atoms with E-state index in [0.717, 1.165) is 48.4 Å². The molecule has 2 heterocycles. The molecule has 0 saturated carbocycles. The first-order valence-corrected chi connectivity index (χ1v) is 16.3. The quantitative estimate of drug-likeness (QED) is 0.110. The number of nitrogens with zero attached hydrogens (tertiary/aromatic N) is 1.